The molecule has 2 aromatic rings. The van der Waals surface area contributed by atoms with Crippen LogP contribution in [0.4, 0.5) is 5.95 Å². The van der Waals surface area contributed by atoms with Crippen LogP contribution >= 0.6 is 11.3 Å². The lowest BCUT2D eigenvalue weighted by Gasteiger charge is -2.21. The number of nitrogens with zero attached hydrogens (tertiary/aromatic N) is 3. The smallest absolute Gasteiger partial charge is 0.265 e. The molecule has 0 unspecified atom stereocenters. The van der Waals surface area contributed by atoms with E-state index in [9.17, 15) is 14.9 Å². The van der Waals surface area contributed by atoms with Crippen LogP contribution in [0.25, 0.3) is 0 Å². The topological polar surface area (TPSA) is 104 Å². The van der Waals surface area contributed by atoms with E-state index in [0.29, 0.717) is 12.0 Å². The average Bonchev–Trinajstić information content (AvgIpc) is 3.06. The van der Waals surface area contributed by atoms with Gasteiger partial charge in [-0.25, -0.2) is 15.1 Å². The fourth-order valence-electron chi connectivity index (χ4n) is 2.73. The number of H-pyrrole nitrogens is 1. The number of nitro groups is 1. The fraction of sp³-hybridized carbons (Fsp3) is 0.556. The highest BCUT2D eigenvalue weighted by Crippen LogP contribution is 2.21. The van der Waals surface area contributed by atoms with Gasteiger partial charge in [-0.1, -0.05) is 32.1 Å². The van der Waals surface area contributed by atoms with Gasteiger partial charge in [0.2, 0.25) is 0 Å². The zero-order valence-electron chi connectivity index (χ0n) is 15.9. The van der Waals surface area contributed by atoms with Crippen molar-refractivity contribution in [3.63, 3.8) is 0 Å². The van der Waals surface area contributed by atoms with Gasteiger partial charge in [0.05, 0.1) is 0 Å². The predicted octanol–water partition coefficient (Wildman–Crippen LogP) is 3.43. The van der Waals surface area contributed by atoms with Gasteiger partial charge in [0, 0.05) is 34.5 Å². The predicted molar refractivity (Wildman–Crippen MR) is 108 cm³/mol. The van der Waals surface area contributed by atoms with Gasteiger partial charge in [0.15, 0.2) is 5.03 Å². The first kappa shape index (κ1) is 21.0. The number of hydrogen-bond donors (Lipinski definition) is 2. The van der Waals surface area contributed by atoms with Crippen molar-refractivity contribution in [2.75, 3.05) is 18.5 Å². The Balaban J connectivity index is 2.00. The molecule has 0 aliphatic rings. The van der Waals surface area contributed by atoms with Crippen molar-refractivity contribution < 1.29 is 5.03 Å². The van der Waals surface area contributed by atoms with E-state index in [4.69, 9.17) is 0 Å². The summed E-state index contributed by atoms with van der Waals surface area (Å²) >= 11 is 1.70. The van der Waals surface area contributed by atoms with Crippen molar-refractivity contribution in [2.45, 2.75) is 52.5 Å². The molecule has 0 saturated carbocycles. The largest absolute Gasteiger partial charge is 0.298 e. The Kier molecular flexibility index (Phi) is 8.41. The third kappa shape index (κ3) is 7.10. The maximum atomic E-state index is 12.1. The van der Waals surface area contributed by atoms with Crippen LogP contribution in [0.15, 0.2) is 23.1 Å². The van der Waals surface area contributed by atoms with Crippen LogP contribution in [-0.2, 0) is 13.0 Å². The number of hydrogen-bond acceptors (Lipinski definition) is 6. The lowest BCUT2D eigenvalue weighted by molar-refractivity contribution is -0.446. The van der Waals surface area contributed by atoms with Gasteiger partial charge >= 0.3 is 0 Å². The first-order chi connectivity index (χ1) is 13.0. The molecule has 0 radical (unpaired) electrons. The fourth-order valence-corrected chi connectivity index (χ4v) is 3.82. The first-order valence-corrected chi connectivity index (χ1v) is 10.1. The van der Waals surface area contributed by atoms with E-state index in [-0.39, 0.29) is 11.5 Å². The molecule has 148 valence electrons. The van der Waals surface area contributed by atoms with E-state index in [2.05, 4.69) is 34.8 Å². The van der Waals surface area contributed by atoms with Gasteiger partial charge in [0.1, 0.15) is 0 Å². The van der Waals surface area contributed by atoms with E-state index >= 15 is 0 Å². The van der Waals surface area contributed by atoms with Crippen LogP contribution in [0.2, 0.25) is 0 Å². The lowest BCUT2D eigenvalue weighted by atomic mass is 10.2. The van der Waals surface area contributed by atoms with Crippen molar-refractivity contribution in [3.8, 4) is 0 Å². The van der Waals surface area contributed by atoms with Gasteiger partial charge < -0.3 is 0 Å². The Labute approximate surface area is 162 Å². The Hall–Kier alpha value is -2.26. The zero-order valence-corrected chi connectivity index (χ0v) is 16.7. The SMILES string of the molecule is CCCCN(CCCC)Cc1ccc(Cc2cnc(N[N+](=O)[O-])[nH]c2=O)s1. The summed E-state index contributed by atoms with van der Waals surface area (Å²) in [5, 5.41) is 9.65. The Morgan fingerprint density at radius 2 is 1.89 bits per heavy atom. The molecule has 2 rings (SSSR count). The molecule has 2 aromatic heterocycles. The maximum absolute atomic E-state index is 12.1. The van der Waals surface area contributed by atoms with Crippen LogP contribution in [0.5, 0.6) is 0 Å². The van der Waals surface area contributed by atoms with E-state index in [1.807, 2.05) is 11.5 Å². The highest BCUT2D eigenvalue weighted by molar-refractivity contribution is 7.12. The first-order valence-electron chi connectivity index (χ1n) is 9.31. The second kappa shape index (κ2) is 10.8. The van der Waals surface area contributed by atoms with Crippen LogP contribution < -0.4 is 11.0 Å². The zero-order chi connectivity index (χ0) is 19.6. The number of rotatable bonds is 12. The molecule has 0 atom stereocenters. The van der Waals surface area contributed by atoms with E-state index in [0.717, 1.165) is 24.5 Å². The van der Waals surface area contributed by atoms with Crippen LogP contribution in [0.1, 0.15) is 54.8 Å². The van der Waals surface area contributed by atoms with Gasteiger partial charge in [0.25, 0.3) is 11.5 Å². The number of aromatic amines is 1. The third-order valence-electron chi connectivity index (χ3n) is 4.19. The molecular formula is C18H27N5O3S. The van der Waals surface area contributed by atoms with E-state index in [1.54, 1.807) is 11.3 Å². The molecule has 0 spiro atoms. The minimum Gasteiger partial charge on any atom is -0.298 e. The van der Waals surface area contributed by atoms with Gasteiger partial charge in [-0.15, -0.1) is 11.3 Å². The summed E-state index contributed by atoms with van der Waals surface area (Å²) in [6.07, 6.45) is 6.64. The summed E-state index contributed by atoms with van der Waals surface area (Å²) in [6.45, 7) is 7.57. The standard InChI is InChI=1S/C18H27N5O3S/c1-3-5-9-22(10-6-4-2)13-16-8-7-15(27-16)11-14-12-19-18(20-17(14)24)21-23(25)26/h7-8,12H,3-6,9-11,13H2,1-2H3,(H2,19,20,21,24). The van der Waals surface area contributed by atoms with Gasteiger partial charge in [-0.3, -0.25) is 14.7 Å². The van der Waals surface area contributed by atoms with Crippen LogP contribution in [0, 0.1) is 10.1 Å². The second-order valence-corrected chi connectivity index (χ2v) is 7.74. The molecule has 8 nitrogen and oxygen atoms in total. The normalized spacial score (nSPS) is 11.1. The summed E-state index contributed by atoms with van der Waals surface area (Å²) in [5.41, 5.74) is 1.98. The summed E-state index contributed by atoms with van der Waals surface area (Å²) in [5.74, 6) is -0.164. The number of nitrogens with one attached hydrogen (secondary N) is 2. The number of unbranched alkanes of at least 4 members (excludes halogenated alkanes) is 2. The molecule has 0 aliphatic carbocycles. The second-order valence-electron chi connectivity index (χ2n) is 6.48. The minimum atomic E-state index is -0.758. The third-order valence-corrected chi connectivity index (χ3v) is 5.26. The molecule has 27 heavy (non-hydrogen) atoms. The van der Waals surface area contributed by atoms with Crippen molar-refractivity contribution in [3.05, 3.63) is 54.1 Å². The summed E-state index contributed by atoms with van der Waals surface area (Å²) in [6, 6.07) is 4.16. The molecule has 0 fully saturated rings. The number of hydrazine groups is 1. The molecule has 0 amide bonds. The van der Waals surface area contributed by atoms with Crippen molar-refractivity contribution >= 4 is 17.3 Å². The molecule has 0 aliphatic heterocycles. The highest BCUT2D eigenvalue weighted by Gasteiger charge is 2.11. The minimum absolute atomic E-state index is 0.164. The van der Waals surface area contributed by atoms with Crippen molar-refractivity contribution in [1.82, 2.24) is 14.9 Å². The monoisotopic (exact) mass is 393 g/mol. The number of anilines is 1. The summed E-state index contributed by atoms with van der Waals surface area (Å²) < 4.78 is 0. The Bertz CT molecular complexity index is 781. The quantitative estimate of drug-likeness (QED) is 0.423. The van der Waals surface area contributed by atoms with E-state index < -0.39 is 5.03 Å². The maximum Gasteiger partial charge on any atom is 0.265 e. The molecule has 0 saturated heterocycles. The van der Waals surface area contributed by atoms with Gasteiger partial charge in [-0.05, 0) is 38.1 Å². The Morgan fingerprint density at radius 3 is 2.48 bits per heavy atom. The van der Waals surface area contributed by atoms with Crippen LogP contribution in [-0.4, -0.2) is 33.0 Å². The molecule has 0 aromatic carbocycles. The summed E-state index contributed by atoms with van der Waals surface area (Å²) in [4.78, 5) is 33.6. The number of thiophene rings is 1. The highest BCUT2D eigenvalue weighted by atomic mass is 32.1. The molecule has 2 heterocycles. The Morgan fingerprint density at radius 1 is 1.22 bits per heavy atom. The lowest BCUT2D eigenvalue weighted by Crippen LogP contribution is -2.25. The van der Waals surface area contributed by atoms with E-state index in [1.165, 1.54) is 36.8 Å². The van der Waals surface area contributed by atoms with Crippen LogP contribution in [0.3, 0.4) is 0 Å². The molecule has 2 N–H and O–H groups in total. The molecule has 9 heteroatoms. The van der Waals surface area contributed by atoms with Crippen molar-refractivity contribution in [1.29, 1.82) is 0 Å². The molecular weight excluding hydrogens is 366 g/mol. The average molecular weight is 394 g/mol. The number of aromatic nitrogens is 2. The summed E-state index contributed by atoms with van der Waals surface area (Å²) in [7, 11) is 0. The van der Waals surface area contributed by atoms with Gasteiger partial charge in [-0.2, -0.15) is 0 Å². The molecule has 0 bridgehead atoms. The van der Waals surface area contributed by atoms with Crippen molar-refractivity contribution in [2.24, 2.45) is 0 Å².